The second-order valence-electron chi connectivity index (χ2n) is 4.81. The van der Waals surface area contributed by atoms with Crippen molar-refractivity contribution in [3.8, 4) is 11.8 Å². The van der Waals surface area contributed by atoms with Crippen LogP contribution in [0.2, 0.25) is 0 Å². The molecule has 0 heterocycles. The fourth-order valence-electron chi connectivity index (χ4n) is 1.67. The molecule has 0 aromatic rings. The normalized spacial score (nSPS) is 14.2. The first-order valence-corrected chi connectivity index (χ1v) is 6.83. The van der Waals surface area contributed by atoms with Gasteiger partial charge in [0.05, 0.1) is 6.10 Å². The number of rotatable bonds is 9. The van der Waals surface area contributed by atoms with Crippen LogP contribution in [-0.2, 0) is 4.74 Å². The van der Waals surface area contributed by atoms with E-state index in [0.717, 1.165) is 13.0 Å². The first-order valence-electron chi connectivity index (χ1n) is 6.83. The van der Waals surface area contributed by atoms with Crippen molar-refractivity contribution in [2.45, 2.75) is 65.5 Å². The topological polar surface area (TPSA) is 12.5 Å². The Balaban J connectivity index is 3.65. The Hall–Kier alpha value is -0.520. The van der Waals surface area contributed by atoms with Gasteiger partial charge in [-0.1, -0.05) is 25.7 Å². The van der Waals surface area contributed by atoms with Crippen molar-refractivity contribution in [2.24, 2.45) is 0 Å². The smallest absolute Gasteiger partial charge is 0.108 e. The monoisotopic (exact) mass is 239 g/mol. The van der Waals surface area contributed by atoms with E-state index in [1.807, 2.05) is 6.92 Å². The first kappa shape index (κ1) is 16.5. The van der Waals surface area contributed by atoms with E-state index in [-0.39, 0.29) is 0 Å². The third-order valence-corrected chi connectivity index (χ3v) is 3.23. The summed E-state index contributed by atoms with van der Waals surface area (Å²) in [5, 5.41) is 0. The average molecular weight is 239 g/mol. The van der Waals surface area contributed by atoms with Gasteiger partial charge in [0.2, 0.25) is 0 Å². The molecule has 2 nitrogen and oxygen atoms in total. The zero-order valence-corrected chi connectivity index (χ0v) is 12.3. The molecule has 17 heavy (non-hydrogen) atoms. The molecule has 100 valence electrons. The molecular formula is C15H29NO. The minimum Gasteiger partial charge on any atom is -0.366 e. The maximum Gasteiger partial charge on any atom is 0.108 e. The van der Waals surface area contributed by atoms with Gasteiger partial charge in [0.25, 0.3) is 0 Å². The van der Waals surface area contributed by atoms with Crippen LogP contribution in [0.15, 0.2) is 0 Å². The van der Waals surface area contributed by atoms with Crippen LogP contribution < -0.4 is 0 Å². The molecule has 0 aromatic carbocycles. The minimum atomic E-state index is 0.302. The summed E-state index contributed by atoms with van der Waals surface area (Å²) >= 11 is 0. The third-order valence-electron chi connectivity index (χ3n) is 3.23. The van der Waals surface area contributed by atoms with Crippen LogP contribution >= 0.6 is 0 Å². The van der Waals surface area contributed by atoms with E-state index >= 15 is 0 Å². The highest BCUT2D eigenvalue weighted by Gasteiger charge is 2.10. The van der Waals surface area contributed by atoms with Gasteiger partial charge in [-0.15, -0.1) is 5.92 Å². The van der Waals surface area contributed by atoms with Gasteiger partial charge in [0.1, 0.15) is 6.61 Å². The van der Waals surface area contributed by atoms with Gasteiger partial charge in [0, 0.05) is 12.6 Å². The highest BCUT2D eigenvalue weighted by atomic mass is 16.5. The van der Waals surface area contributed by atoms with E-state index in [2.05, 4.69) is 44.6 Å². The molecule has 0 N–H and O–H groups in total. The fourth-order valence-corrected chi connectivity index (χ4v) is 1.67. The molecule has 2 heteroatoms. The lowest BCUT2D eigenvalue weighted by Crippen LogP contribution is -2.31. The highest BCUT2D eigenvalue weighted by molar-refractivity contribution is 4.94. The van der Waals surface area contributed by atoms with Gasteiger partial charge in [-0.3, -0.25) is 0 Å². The van der Waals surface area contributed by atoms with E-state index in [9.17, 15) is 0 Å². The summed E-state index contributed by atoms with van der Waals surface area (Å²) in [4.78, 5) is 2.43. The average Bonchev–Trinajstić information content (AvgIpc) is 2.33. The van der Waals surface area contributed by atoms with E-state index in [1.165, 1.54) is 19.3 Å². The molecule has 0 aliphatic rings. The Kier molecular flexibility index (Phi) is 10.3. The maximum absolute atomic E-state index is 5.59. The predicted molar refractivity (Wildman–Crippen MR) is 75.1 cm³/mol. The lowest BCUT2D eigenvalue weighted by molar-refractivity contribution is 0.0734. The zero-order valence-electron chi connectivity index (χ0n) is 12.3. The van der Waals surface area contributed by atoms with Crippen molar-refractivity contribution in [1.82, 2.24) is 4.90 Å². The van der Waals surface area contributed by atoms with Gasteiger partial charge in [-0.2, -0.15) is 0 Å². The van der Waals surface area contributed by atoms with Crippen molar-refractivity contribution in [1.29, 1.82) is 0 Å². The van der Waals surface area contributed by atoms with Gasteiger partial charge >= 0.3 is 0 Å². The second-order valence-corrected chi connectivity index (χ2v) is 4.81. The molecule has 0 bridgehead atoms. The quantitative estimate of drug-likeness (QED) is 0.572. The number of hydrogen-bond acceptors (Lipinski definition) is 2. The third kappa shape index (κ3) is 9.21. The summed E-state index contributed by atoms with van der Waals surface area (Å²) < 4.78 is 5.59. The summed E-state index contributed by atoms with van der Waals surface area (Å²) in [6.45, 7) is 10.2. The number of unbranched alkanes of at least 4 members (excludes halogenated alkanes) is 1. The number of nitrogens with zero attached hydrogens (tertiary/aromatic N) is 1. The van der Waals surface area contributed by atoms with Crippen LogP contribution in [0.4, 0.5) is 0 Å². The zero-order chi connectivity index (χ0) is 13.1. The molecule has 0 saturated heterocycles. The highest BCUT2D eigenvalue weighted by Crippen LogP contribution is 2.08. The van der Waals surface area contributed by atoms with Gasteiger partial charge in [-0.05, 0) is 40.7 Å². The van der Waals surface area contributed by atoms with E-state index in [0.29, 0.717) is 18.8 Å². The largest absolute Gasteiger partial charge is 0.366 e. The molecule has 0 spiro atoms. The molecule has 0 aliphatic heterocycles. The fraction of sp³-hybridized carbons (Fsp3) is 0.867. The van der Waals surface area contributed by atoms with Crippen LogP contribution in [0.3, 0.4) is 0 Å². The van der Waals surface area contributed by atoms with Crippen LogP contribution in [0.1, 0.15) is 53.4 Å². The Morgan fingerprint density at radius 2 is 1.94 bits per heavy atom. The molecule has 0 radical (unpaired) electrons. The van der Waals surface area contributed by atoms with Crippen molar-refractivity contribution in [2.75, 3.05) is 20.2 Å². The number of ether oxygens (including phenoxy) is 1. The van der Waals surface area contributed by atoms with Crippen molar-refractivity contribution in [3.05, 3.63) is 0 Å². The first-order chi connectivity index (χ1) is 8.11. The summed E-state index contributed by atoms with van der Waals surface area (Å²) in [7, 11) is 2.21. The lowest BCUT2D eigenvalue weighted by Gasteiger charge is -2.25. The van der Waals surface area contributed by atoms with Gasteiger partial charge < -0.3 is 9.64 Å². The Morgan fingerprint density at radius 1 is 1.24 bits per heavy atom. The molecule has 0 rings (SSSR count). The Bertz CT molecular complexity index is 229. The van der Waals surface area contributed by atoms with Crippen molar-refractivity contribution in [3.63, 3.8) is 0 Å². The standard InChI is InChI=1S/C15H29NO/c1-6-8-10-14(3)16(5)12-11-15(4)17-13-9-7-2/h14-15H,6,8,10-13H2,1-5H3. The van der Waals surface area contributed by atoms with Crippen LogP contribution in [0, 0.1) is 11.8 Å². The van der Waals surface area contributed by atoms with E-state index < -0.39 is 0 Å². The molecule has 0 aliphatic carbocycles. The predicted octanol–water partition coefficient (Wildman–Crippen LogP) is 3.32. The van der Waals surface area contributed by atoms with Gasteiger partial charge in [0.15, 0.2) is 0 Å². The van der Waals surface area contributed by atoms with E-state index in [1.54, 1.807) is 0 Å². The molecule has 0 saturated carbocycles. The summed E-state index contributed by atoms with van der Waals surface area (Å²) in [6.07, 6.45) is 5.29. The maximum atomic E-state index is 5.59. The second kappa shape index (κ2) is 10.6. The Morgan fingerprint density at radius 3 is 2.53 bits per heavy atom. The summed E-state index contributed by atoms with van der Waals surface area (Å²) in [5.74, 6) is 5.78. The lowest BCUT2D eigenvalue weighted by atomic mass is 10.1. The van der Waals surface area contributed by atoms with Crippen LogP contribution in [0.5, 0.6) is 0 Å². The summed E-state index contributed by atoms with van der Waals surface area (Å²) in [5.41, 5.74) is 0. The molecule has 2 unspecified atom stereocenters. The van der Waals surface area contributed by atoms with Crippen LogP contribution in [-0.4, -0.2) is 37.2 Å². The minimum absolute atomic E-state index is 0.302. The van der Waals surface area contributed by atoms with Crippen LogP contribution in [0.25, 0.3) is 0 Å². The van der Waals surface area contributed by atoms with Gasteiger partial charge in [-0.25, -0.2) is 0 Å². The number of hydrogen-bond donors (Lipinski definition) is 0. The summed E-state index contributed by atoms with van der Waals surface area (Å²) in [6, 6.07) is 0.678. The van der Waals surface area contributed by atoms with Crippen molar-refractivity contribution >= 4 is 0 Å². The van der Waals surface area contributed by atoms with E-state index in [4.69, 9.17) is 4.74 Å². The molecular weight excluding hydrogens is 210 g/mol. The SMILES string of the molecule is CC#CCOC(C)CCN(C)C(C)CCCC. The molecule has 0 amide bonds. The van der Waals surface area contributed by atoms with Crippen molar-refractivity contribution < 1.29 is 4.74 Å². The molecule has 0 aromatic heterocycles. The Labute approximate surface area is 108 Å². The molecule has 2 atom stereocenters. The molecule has 0 fully saturated rings.